The van der Waals surface area contributed by atoms with Crippen molar-refractivity contribution in [3.63, 3.8) is 0 Å². The maximum atomic E-state index is 11.6. The summed E-state index contributed by atoms with van der Waals surface area (Å²) < 4.78 is 7.23. The van der Waals surface area contributed by atoms with Gasteiger partial charge in [-0.05, 0) is 25.8 Å². The summed E-state index contributed by atoms with van der Waals surface area (Å²) in [6, 6.07) is 1.97. The fourth-order valence-electron chi connectivity index (χ4n) is 3.39. The van der Waals surface area contributed by atoms with E-state index in [4.69, 9.17) is 4.74 Å². The van der Waals surface area contributed by atoms with Gasteiger partial charge in [-0.15, -0.1) is 0 Å². The minimum absolute atomic E-state index is 0.00302. The predicted octanol–water partition coefficient (Wildman–Crippen LogP) is 1.55. The Balaban J connectivity index is 1.68. The molecule has 2 aliphatic rings. The number of Topliss-reactive ketones (excluding diaryl/α,β-unsaturated/α-hetero) is 1. The maximum Gasteiger partial charge on any atom is 0.168 e. The minimum Gasteiger partial charge on any atom is -0.381 e. The van der Waals surface area contributed by atoms with E-state index >= 15 is 0 Å². The summed E-state index contributed by atoms with van der Waals surface area (Å²) in [4.78, 5) is 18.6. The number of hydrogen-bond donors (Lipinski definition) is 0. The molecular formula is C15H18N4O2. The molecular weight excluding hydrogens is 268 g/mol. The molecule has 6 heteroatoms. The predicted molar refractivity (Wildman–Crippen MR) is 77.7 cm³/mol. The van der Waals surface area contributed by atoms with Gasteiger partial charge in [0.05, 0.1) is 18.4 Å². The van der Waals surface area contributed by atoms with Gasteiger partial charge in [0, 0.05) is 31.3 Å². The Morgan fingerprint density at radius 1 is 1.43 bits per heavy atom. The number of carbonyl (C=O) groups is 1. The number of aromatic nitrogens is 3. The van der Waals surface area contributed by atoms with Gasteiger partial charge in [0.2, 0.25) is 0 Å². The van der Waals surface area contributed by atoms with Gasteiger partial charge in [0.1, 0.15) is 5.82 Å². The van der Waals surface area contributed by atoms with Crippen LogP contribution in [0.5, 0.6) is 0 Å². The molecule has 0 aliphatic carbocycles. The van der Waals surface area contributed by atoms with Crippen molar-refractivity contribution >= 4 is 17.2 Å². The van der Waals surface area contributed by atoms with Crippen molar-refractivity contribution in [1.29, 1.82) is 0 Å². The van der Waals surface area contributed by atoms with Crippen LogP contribution in [0.2, 0.25) is 0 Å². The Morgan fingerprint density at radius 2 is 2.33 bits per heavy atom. The third-order valence-corrected chi connectivity index (χ3v) is 4.68. The zero-order valence-corrected chi connectivity index (χ0v) is 12.1. The molecule has 4 heterocycles. The third-order valence-electron chi connectivity index (χ3n) is 4.68. The number of nitrogens with zero attached hydrogens (tertiary/aromatic N) is 4. The Bertz CT molecular complexity index is 703. The summed E-state index contributed by atoms with van der Waals surface area (Å²) in [6.45, 7) is 5.26. The molecule has 0 saturated carbocycles. The van der Waals surface area contributed by atoms with Gasteiger partial charge in [-0.3, -0.25) is 4.79 Å². The van der Waals surface area contributed by atoms with Crippen LogP contribution in [0.25, 0.3) is 5.65 Å². The number of hydrogen-bond acceptors (Lipinski definition) is 5. The molecule has 0 N–H and O–H groups in total. The van der Waals surface area contributed by atoms with Crippen LogP contribution in [-0.2, 0) is 4.74 Å². The van der Waals surface area contributed by atoms with Crippen LogP contribution in [0.15, 0.2) is 18.5 Å². The molecule has 2 saturated heterocycles. The molecule has 0 unspecified atom stereocenters. The van der Waals surface area contributed by atoms with E-state index in [1.54, 1.807) is 17.6 Å². The van der Waals surface area contributed by atoms with Crippen LogP contribution >= 0.6 is 0 Å². The van der Waals surface area contributed by atoms with Crippen LogP contribution in [0, 0.1) is 5.41 Å². The zero-order valence-electron chi connectivity index (χ0n) is 12.1. The summed E-state index contributed by atoms with van der Waals surface area (Å²) in [5, 5.41) is 4.17. The van der Waals surface area contributed by atoms with E-state index in [9.17, 15) is 4.79 Å². The Hall–Kier alpha value is -1.95. The first-order valence-electron chi connectivity index (χ1n) is 7.35. The van der Waals surface area contributed by atoms with Crippen LogP contribution in [0.1, 0.15) is 30.1 Å². The first-order valence-corrected chi connectivity index (χ1v) is 7.35. The molecule has 2 aromatic heterocycles. The van der Waals surface area contributed by atoms with Crippen molar-refractivity contribution in [2.24, 2.45) is 5.41 Å². The quantitative estimate of drug-likeness (QED) is 0.784. The van der Waals surface area contributed by atoms with E-state index in [0.717, 1.165) is 45.0 Å². The largest absolute Gasteiger partial charge is 0.381 e. The van der Waals surface area contributed by atoms with Crippen molar-refractivity contribution in [3.8, 4) is 0 Å². The number of carbonyl (C=O) groups excluding carboxylic acids is 1. The lowest BCUT2D eigenvalue weighted by Crippen LogP contribution is -2.28. The Kier molecular flexibility index (Phi) is 2.75. The highest BCUT2D eigenvalue weighted by Gasteiger charge is 2.41. The normalized spacial score (nSPS) is 25.3. The van der Waals surface area contributed by atoms with Crippen molar-refractivity contribution in [1.82, 2.24) is 14.6 Å². The summed E-state index contributed by atoms with van der Waals surface area (Å²) in [5.41, 5.74) is 1.52. The Labute approximate surface area is 122 Å². The van der Waals surface area contributed by atoms with E-state index in [1.807, 2.05) is 12.3 Å². The molecule has 0 amide bonds. The second kappa shape index (κ2) is 4.53. The molecule has 4 rings (SSSR count). The first kappa shape index (κ1) is 12.8. The van der Waals surface area contributed by atoms with Gasteiger partial charge in [0.25, 0.3) is 0 Å². The van der Waals surface area contributed by atoms with Crippen molar-refractivity contribution in [2.75, 3.05) is 31.2 Å². The lowest BCUT2D eigenvalue weighted by atomic mass is 9.87. The van der Waals surface area contributed by atoms with Gasteiger partial charge in [-0.1, -0.05) is 0 Å². The molecule has 0 radical (unpaired) electrons. The number of anilines is 1. The second-order valence-corrected chi connectivity index (χ2v) is 6.14. The monoisotopic (exact) mass is 286 g/mol. The van der Waals surface area contributed by atoms with Gasteiger partial charge in [0.15, 0.2) is 11.4 Å². The van der Waals surface area contributed by atoms with Crippen LogP contribution in [-0.4, -0.2) is 46.7 Å². The van der Waals surface area contributed by atoms with E-state index in [2.05, 4.69) is 15.0 Å². The molecule has 6 nitrogen and oxygen atoms in total. The van der Waals surface area contributed by atoms with E-state index in [-0.39, 0.29) is 5.78 Å². The summed E-state index contributed by atoms with van der Waals surface area (Å²) in [7, 11) is 0. The Morgan fingerprint density at radius 3 is 3.10 bits per heavy atom. The topological polar surface area (TPSA) is 59.7 Å². The van der Waals surface area contributed by atoms with Gasteiger partial charge in [-0.2, -0.15) is 5.10 Å². The van der Waals surface area contributed by atoms with Gasteiger partial charge < -0.3 is 9.64 Å². The zero-order chi connectivity index (χ0) is 14.4. The van der Waals surface area contributed by atoms with E-state index in [1.165, 1.54) is 0 Å². The van der Waals surface area contributed by atoms with Crippen molar-refractivity contribution in [2.45, 2.75) is 19.8 Å². The highest BCUT2D eigenvalue weighted by atomic mass is 16.5. The second-order valence-electron chi connectivity index (χ2n) is 6.14. The van der Waals surface area contributed by atoms with E-state index < -0.39 is 0 Å². The maximum absolute atomic E-state index is 11.6. The van der Waals surface area contributed by atoms with Crippen LogP contribution < -0.4 is 4.90 Å². The van der Waals surface area contributed by atoms with Crippen molar-refractivity contribution < 1.29 is 9.53 Å². The number of ketones is 1. The fourth-order valence-corrected chi connectivity index (χ4v) is 3.39. The van der Waals surface area contributed by atoms with Gasteiger partial charge >= 0.3 is 0 Å². The van der Waals surface area contributed by atoms with Crippen LogP contribution in [0.3, 0.4) is 0 Å². The lowest BCUT2D eigenvalue weighted by molar-refractivity contribution is 0.101. The highest BCUT2D eigenvalue weighted by Crippen LogP contribution is 2.39. The molecule has 1 atom stereocenters. The summed E-state index contributed by atoms with van der Waals surface area (Å²) in [6.07, 6.45) is 5.75. The fraction of sp³-hybridized carbons (Fsp3) is 0.533. The molecule has 0 aromatic carbocycles. The number of rotatable bonds is 2. The molecule has 1 spiro atoms. The lowest BCUT2D eigenvalue weighted by Gasteiger charge is -2.22. The number of fused-ring (bicyclic) bond motifs is 1. The minimum atomic E-state index is -0.00302. The SMILES string of the molecule is CC(=O)c1cnn2ccc(N3CC[C@]4(CCOC4)C3)nc12. The highest BCUT2D eigenvalue weighted by molar-refractivity contribution is 5.99. The van der Waals surface area contributed by atoms with Crippen molar-refractivity contribution in [3.05, 3.63) is 24.0 Å². The smallest absolute Gasteiger partial charge is 0.168 e. The molecule has 2 fully saturated rings. The average Bonchev–Trinajstić information content (AvgIpc) is 3.19. The number of ether oxygens (including phenoxy) is 1. The standard InChI is InChI=1S/C15H18N4O2/c1-11(20)12-8-16-19-5-2-13(17-14(12)19)18-6-3-15(9-18)4-7-21-10-15/h2,5,8H,3-4,6-7,9-10H2,1H3/t15-/m0/s1. The van der Waals surface area contributed by atoms with Gasteiger partial charge in [-0.25, -0.2) is 9.50 Å². The van der Waals surface area contributed by atoms with E-state index in [0.29, 0.717) is 16.6 Å². The molecule has 21 heavy (non-hydrogen) atoms. The molecule has 2 aromatic rings. The molecule has 110 valence electrons. The first-order chi connectivity index (χ1) is 10.2. The third kappa shape index (κ3) is 2.01. The molecule has 2 aliphatic heterocycles. The summed E-state index contributed by atoms with van der Waals surface area (Å²) >= 11 is 0. The summed E-state index contributed by atoms with van der Waals surface area (Å²) in [5.74, 6) is 0.922. The van der Waals surface area contributed by atoms with Crippen LogP contribution in [0.4, 0.5) is 5.82 Å². The molecule has 0 bridgehead atoms. The average molecular weight is 286 g/mol.